The van der Waals surface area contributed by atoms with Gasteiger partial charge in [0.05, 0.1) is 40.6 Å². The molecule has 1 heterocycles. The molecule has 41 heavy (non-hydrogen) atoms. The lowest BCUT2D eigenvalue weighted by atomic mass is 10.0. The summed E-state index contributed by atoms with van der Waals surface area (Å²) in [6, 6.07) is 28.0. The van der Waals surface area contributed by atoms with Crippen molar-refractivity contribution in [2.24, 2.45) is 0 Å². The van der Waals surface area contributed by atoms with Gasteiger partial charge in [0, 0.05) is 0 Å². The second-order valence-electron chi connectivity index (χ2n) is 9.75. The molecule has 0 aliphatic carbocycles. The standard InChI is InChI=1S/C34H36O7/c1-35-29-17-25(18-30(36-2)33(29)37-3)27-15-16-28(41-27)26-19-31(39-21-23-11-7-5-8-12-23)34(38-4)32(20-26)40-22-24-13-9-6-10-14-24/h5-14,17-20,27-28H,15-16,21-22H2,1-4H3/t27-,28-/m1/s1. The first-order valence-corrected chi connectivity index (χ1v) is 13.6. The Balaban J connectivity index is 1.43. The van der Waals surface area contributed by atoms with Crippen molar-refractivity contribution in [1.82, 2.24) is 0 Å². The van der Waals surface area contributed by atoms with Crippen LogP contribution < -0.4 is 28.4 Å². The van der Waals surface area contributed by atoms with Crippen LogP contribution in [0.1, 0.15) is 47.3 Å². The zero-order valence-corrected chi connectivity index (χ0v) is 23.9. The van der Waals surface area contributed by atoms with Crippen LogP contribution in [0.5, 0.6) is 34.5 Å². The van der Waals surface area contributed by atoms with Crippen LogP contribution in [0.3, 0.4) is 0 Å². The second kappa shape index (κ2) is 13.3. The molecule has 1 saturated heterocycles. The van der Waals surface area contributed by atoms with Crippen LogP contribution in [0.4, 0.5) is 0 Å². The van der Waals surface area contributed by atoms with E-state index in [0.29, 0.717) is 47.7 Å². The highest BCUT2D eigenvalue weighted by molar-refractivity contribution is 5.56. The minimum absolute atomic E-state index is 0.141. The van der Waals surface area contributed by atoms with Crippen molar-refractivity contribution >= 4 is 0 Å². The number of hydrogen-bond donors (Lipinski definition) is 0. The van der Waals surface area contributed by atoms with Gasteiger partial charge in [0.2, 0.25) is 11.5 Å². The number of methoxy groups -OCH3 is 4. The van der Waals surface area contributed by atoms with Crippen LogP contribution in [0.25, 0.3) is 0 Å². The first-order valence-electron chi connectivity index (χ1n) is 13.6. The highest BCUT2D eigenvalue weighted by Crippen LogP contribution is 2.48. The van der Waals surface area contributed by atoms with Gasteiger partial charge in [-0.05, 0) is 59.4 Å². The molecule has 7 nitrogen and oxygen atoms in total. The van der Waals surface area contributed by atoms with Gasteiger partial charge in [0.1, 0.15) is 13.2 Å². The van der Waals surface area contributed by atoms with E-state index in [2.05, 4.69) is 0 Å². The summed E-state index contributed by atoms with van der Waals surface area (Å²) in [6.45, 7) is 0.802. The van der Waals surface area contributed by atoms with E-state index < -0.39 is 0 Å². The van der Waals surface area contributed by atoms with Crippen LogP contribution in [0, 0.1) is 0 Å². The van der Waals surface area contributed by atoms with Crippen LogP contribution in [0.2, 0.25) is 0 Å². The summed E-state index contributed by atoms with van der Waals surface area (Å²) in [6.07, 6.45) is 1.35. The van der Waals surface area contributed by atoms with E-state index in [1.165, 1.54) is 0 Å². The predicted molar refractivity (Wildman–Crippen MR) is 156 cm³/mol. The van der Waals surface area contributed by atoms with Gasteiger partial charge in [0.25, 0.3) is 0 Å². The molecule has 2 atom stereocenters. The van der Waals surface area contributed by atoms with E-state index in [1.54, 1.807) is 28.4 Å². The fourth-order valence-electron chi connectivity index (χ4n) is 5.08. The van der Waals surface area contributed by atoms with Crippen molar-refractivity contribution in [2.45, 2.75) is 38.3 Å². The zero-order chi connectivity index (χ0) is 28.6. The van der Waals surface area contributed by atoms with Crippen molar-refractivity contribution in [3.8, 4) is 34.5 Å². The Bertz CT molecular complexity index is 1330. The predicted octanol–water partition coefficient (Wildman–Crippen LogP) is 7.47. The van der Waals surface area contributed by atoms with Crippen molar-refractivity contribution < 1.29 is 33.2 Å². The van der Waals surface area contributed by atoms with Gasteiger partial charge in [-0.15, -0.1) is 0 Å². The van der Waals surface area contributed by atoms with E-state index in [-0.39, 0.29) is 12.2 Å². The fraction of sp³-hybridized carbons (Fsp3) is 0.294. The van der Waals surface area contributed by atoms with E-state index in [9.17, 15) is 0 Å². The number of hydrogen-bond acceptors (Lipinski definition) is 7. The lowest BCUT2D eigenvalue weighted by Gasteiger charge is -2.21. The molecule has 0 bridgehead atoms. The Labute approximate surface area is 241 Å². The first kappa shape index (κ1) is 28.2. The Morgan fingerprint density at radius 1 is 0.537 bits per heavy atom. The van der Waals surface area contributed by atoms with E-state index >= 15 is 0 Å². The molecular formula is C34H36O7. The summed E-state index contributed by atoms with van der Waals surface area (Å²) in [5.41, 5.74) is 4.06. The molecule has 0 aromatic heterocycles. The molecule has 5 rings (SSSR count). The lowest BCUT2D eigenvalue weighted by molar-refractivity contribution is 0.0434. The normalized spacial score (nSPS) is 16.2. The third-order valence-corrected chi connectivity index (χ3v) is 7.17. The van der Waals surface area contributed by atoms with Crippen LogP contribution in [-0.2, 0) is 18.0 Å². The molecular weight excluding hydrogens is 520 g/mol. The average Bonchev–Trinajstić information content (AvgIpc) is 3.53. The minimum Gasteiger partial charge on any atom is -0.493 e. The van der Waals surface area contributed by atoms with Crippen molar-refractivity contribution in [3.05, 3.63) is 107 Å². The Hall–Kier alpha value is -4.36. The maximum atomic E-state index is 6.61. The number of rotatable bonds is 12. The van der Waals surface area contributed by atoms with Gasteiger partial charge in [-0.2, -0.15) is 0 Å². The molecule has 7 heteroatoms. The minimum atomic E-state index is -0.164. The smallest absolute Gasteiger partial charge is 0.203 e. The molecule has 0 radical (unpaired) electrons. The van der Waals surface area contributed by atoms with E-state index in [1.807, 2.05) is 84.9 Å². The van der Waals surface area contributed by atoms with Gasteiger partial charge in [-0.3, -0.25) is 0 Å². The first-order chi connectivity index (χ1) is 20.1. The molecule has 1 fully saturated rings. The summed E-state index contributed by atoms with van der Waals surface area (Å²) < 4.78 is 41.6. The van der Waals surface area contributed by atoms with E-state index in [4.69, 9.17) is 33.2 Å². The summed E-state index contributed by atoms with van der Waals surface area (Å²) in [7, 11) is 6.46. The third kappa shape index (κ3) is 6.52. The molecule has 4 aromatic rings. The Morgan fingerprint density at radius 2 is 0.927 bits per heavy atom. The summed E-state index contributed by atoms with van der Waals surface area (Å²) in [5.74, 6) is 3.54. The molecule has 0 amide bonds. The molecule has 0 unspecified atom stereocenters. The highest BCUT2D eigenvalue weighted by Gasteiger charge is 2.31. The summed E-state index contributed by atoms with van der Waals surface area (Å²) in [5, 5.41) is 0. The SMILES string of the molecule is COc1cc([C@H]2CC[C@H](c3cc(OCc4ccccc4)c(OC)c(OCc4ccccc4)c3)O2)cc(OC)c1OC. The maximum Gasteiger partial charge on any atom is 0.203 e. The maximum absolute atomic E-state index is 6.61. The summed E-state index contributed by atoms with van der Waals surface area (Å²) in [4.78, 5) is 0. The molecule has 4 aromatic carbocycles. The monoisotopic (exact) mass is 556 g/mol. The molecule has 0 saturated carbocycles. The average molecular weight is 557 g/mol. The molecule has 1 aliphatic rings. The zero-order valence-electron chi connectivity index (χ0n) is 23.9. The number of benzene rings is 4. The van der Waals surface area contributed by atoms with Crippen molar-refractivity contribution in [3.63, 3.8) is 0 Å². The van der Waals surface area contributed by atoms with Crippen molar-refractivity contribution in [2.75, 3.05) is 28.4 Å². The van der Waals surface area contributed by atoms with Gasteiger partial charge >= 0.3 is 0 Å². The lowest BCUT2D eigenvalue weighted by Crippen LogP contribution is -2.05. The third-order valence-electron chi connectivity index (χ3n) is 7.17. The summed E-state index contributed by atoms with van der Waals surface area (Å²) >= 11 is 0. The molecule has 0 N–H and O–H groups in total. The Morgan fingerprint density at radius 3 is 1.32 bits per heavy atom. The number of ether oxygens (including phenoxy) is 7. The van der Waals surface area contributed by atoms with Crippen molar-refractivity contribution in [1.29, 1.82) is 0 Å². The fourth-order valence-corrected chi connectivity index (χ4v) is 5.08. The second-order valence-corrected chi connectivity index (χ2v) is 9.75. The highest BCUT2D eigenvalue weighted by atomic mass is 16.5. The van der Waals surface area contributed by atoms with Gasteiger partial charge in [0.15, 0.2) is 23.0 Å². The Kier molecular flexibility index (Phi) is 9.16. The van der Waals surface area contributed by atoms with Crippen LogP contribution >= 0.6 is 0 Å². The largest absolute Gasteiger partial charge is 0.493 e. The van der Waals surface area contributed by atoms with E-state index in [0.717, 1.165) is 35.1 Å². The quantitative estimate of drug-likeness (QED) is 0.179. The van der Waals surface area contributed by atoms with Crippen LogP contribution in [-0.4, -0.2) is 28.4 Å². The van der Waals surface area contributed by atoms with Gasteiger partial charge in [-0.25, -0.2) is 0 Å². The molecule has 214 valence electrons. The van der Waals surface area contributed by atoms with Gasteiger partial charge in [-0.1, -0.05) is 60.7 Å². The molecule has 0 spiro atoms. The van der Waals surface area contributed by atoms with Crippen LogP contribution in [0.15, 0.2) is 84.9 Å². The topological polar surface area (TPSA) is 64.6 Å². The molecule has 1 aliphatic heterocycles. The van der Waals surface area contributed by atoms with Gasteiger partial charge < -0.3 is 33.2 Å².